The Hall–Kier alpha value is -2.24. The van der Waals surface area contributed by atoms with Crippen molar-refractivity contribution in [1.82, 2.24) is 19.9 Å². The molecule has 0 spiro atoms. The molecule has 1 aromatic carbocycles. The van der Waals surface area contributed by atoms with Gasteiger partial charge in [-0.2, -0.15) is 0 Å². The lowest BCUT2D eigenvalue weighted by molar-refractivity contribution is -0.137. The van der Waals surface area contributed by atoms with Crippen molar-refractivity contribution >= 4 is 5.91 Å². The highest BCUT2D eigenvalue weighted by Crippen LogP contribution is 2.35. The van der Waals surface area contributed by atoms with Gasteiger partial charge in [0.2, 0.25) is 5.91 Å². The Balaban J connectivity index is 1.48. The van der Waals surface area contributed by atoms with Gasteiger partial charge in [0.1, 0.15) is 5.69 Å². The number of carbonyl (C=O) groups excluding carboxylic acids is 1. The van der Waals surface area contributed by atoms with Crippen molar-refractivity contribution in [3.63, 3.8) is 0 Å². The second-order valence-corrected chi connectivity index (χ2v) is 6.21. The van der Waals surface area contributed by atoms with Crippen LogP contribution >= 0.6 is 0 Å². The summed E-state index contributed by atoms with van der Waals surface area (Å²) in [6, 6.07) is 5.21. The molecule has 2 aliphatic rings. The zero-order chi connectivity index (χ0) is 15.3. The van der Waals surface area contributed by atoms with E-state index in [2.05, 4.69) is 10.3 Å². The number of aromatic nitrogens is 3. The molecule has 1 aliphatic carbocycles. The zero-order valence-corrected chi connectivity index (χ0v) is 12.4. The molecule has 22 heavy (non-hydrogen) atoms. The van der Waals surface area contributed by atoms with Crippen molar-refractivity contribution in [2.45, 2.75) is 25.7 Å². The lowest BCUT2D eigenvalue weighted by Crippen LogP contribution is -2.49. The quantitative estimate of drug-likeness (QED) is 0.871. The van der Waals surface area contributed by atoms with E-state index in [1.165, 1.54) is 4.68 Å². The Morgan fingerprint density at radius 3 is 2.82 bits per heavy atom. The number of benzene rings is 1. The molecule has 114 valence electrons. The van der Waals surface area contributed by atoms with E-state index in [1.54, 1.807) is 31.3 Å². The molecular formula is C16H17FN4O. The first-order valence-electron chi connectivity index (χ1n) is 7.60. The van der Waals surface area contributed by atoms with Gasteiger partial charge in [-0.3, -0.25) is 4.79 Å². The van der Waals surface area contributed by atoms with Crippen LogP contribution in [-0.4, -0.2) is 38.9 Å². The minimum atomic E-state index is -0.280. The van der Waals surface area contributed by atoms with E-state index in [9.17, 15) is 9.18 Å². The summed E-state index contributed by atoms with van der Waals surface area (Å²) < 4.78 is 15.6. The van der Waals surface area contributed by atoms with E-state index in [0.29, 0.717) is 24.3 Å². The van der Waals surface area contributed by atoms with Crippen LogP contribution in [0.15, 0.2) is 24.4 Å². The van der Waals surface area contributed by atoms with E-state index in [0.717, 1.165) is 18.5 Å². The summed E-state index contributed by atoms with van der Waals surface area (Å²) in [5.74, 6) is 0.466. The highest BCUT2D eigenvalue weighted by Gasteiger charge is 2.40. The highest BCUT2D eigenvalue weighted by molar-refractivity contribution is 5.82. The topological polar surface area (TPSA) is 51.0 Å². The fourth-order valence-electron chi connectivity index (χ4n) is 2.82. The molecule has 2 fully saturated rings. The number of halogens is 1. The van der Waals surface area contributed by atoms with Crippen molar-refractivity contribution in [3.8, 4) is 5.69 Å². The highest BCUT2D eigenvalue weighted by atomic mass is 19.1. The minimum Gasteiger partial charge on any atom is -0.341 e. The Bertz CT molecular complexity index is 731. The van der Waals surface area contributed by atoms with Gasteiger partial charge in [-0.25, -0.2) is 9.07 Å². The number of likely N-dealkylation sites (tertiary alicyclic amines) is 1. The first kappa shape index (κ1) is 13.4. The van der Waals surface area contributed by atoms with Crippen LogP contribution in [0.2, 0.25) is 0 Å². The molecule has 2 aromatic rings. The van der Waals surface area contributed by atoms with Gasteiger partial charge in [-0.1, -0.05) is 17.3 Å². The standard InChI is InChI=1S/C16H17FN4O/c1-10-3-2-4-14(15(10)17)21-9-13(18-19-21)12-7-20(8-12)16(22)11-5-6-11/h2-4,9,11-12H,5-8H2,1H3. The van der Waals surface area contributed by atoms with Crippen molar-refractivity contribution in [3.05, 3.63) is 41.5 Å². The monoisotopic (exact) mass is 300 g/mol. The lowest BCUT2D eigenvalue weighted by atomic mass is 9.96. The number of rotatable bonds is 3. The van der Waals surface area contributed by atoms with Crippen LogP contribution < -0.4 is 0 Å². The summed E-state index contributed by atoms with van der Waals surface area (Å²) in [6.45, 7) is 3.12. The van der Waals surface area contributed by atoms with Crippen molar-refractivity contribution in [2.75, 3.05) is 13.1 Å². The van der Waals surface area contributed by atoms with Crippen LogP contribution in [0.4, 0.5) is 4.39 Å². The largest absolute Gasteiger partial charge is 0.341 e. The van der Waals surface area contributed by atoms with Gasteiger partial charge in [-0.05, 0) is 31.4 Å². The molecule has 1 amide bonds. The number of hydrogen-bond donors (Lipinski definition) is 0. The molecule has 0 bridgehead atoms. The average Bonchev–Trinajstić information content (AvgIpc) is 3.20. The van der Waals surface area contributed by atoms with Crippen molar-refractivity contribution in [1.29, 1.82) is 0 Å². The van der Waals surface area contributed by atoms with Crippen molar-refractivity contribution in [2.24, 2.45) is 5.92 Å². The third-order valence-corrected chi connectivity index (χ3v) is 4.47. The van der Waals surface area contributed by atoms with Crippen LogP contribution in [0.5, 0.6) is 0 Å². The first-order chi connectivity index (χ1) is 10.6. The maximum Gasteiger partial charge on any atom is 0.225 e. The lowest BCUT2D eigenvalue weighted by Gasteiger charge is -2.38. The molecule has 1 aliphatic heterocycles. The summed E-state index contributed by atoms with van der Waals surface area (Å²) in [7, 11) is 0. The summed E-state index contributed by atoms with van der Waals surface area (Å²) in [5, 5.41) is 8.18. The molecule has 4 rings (SSSR count). The molecule has 6 heteroatoms. The van der Waals surface area contributed by atoms with Gasteiger partial charge in [0.05, 0.1) is 11.9 Å². The van der Waals surface area contributed by atoms with Gasteiger partial charge in [0.15, 0.2) is 5.82 Å². The molecule has 1 aromatic heterocycles. The third kappa shape index (κ3) is 2.19. The van der Waals surface area contributed by atoms with Gasteiger partial charge in [0, 0.05) is 24.9 Å². The fraction of sp³-hybridized carbons (Fsp3) is 0.438. The van der Waals surface area contributed by atoms with E-state index >= 15 is 0 Å². The molecule has 0 atom stereocenters. The molecular weight excluding hydrogens is 283 g/mol. The fourth-order valence-corrected chi connectivity index (χ4v) is 2.82. The number of aryl methyl sites for hydroxylation is 1. The van der Waals surface area contributed by atoms with Crippen LogP contribution in [0.1, 0.15) is 30.0 Å². The third-order valence-electron chi connectivity index (χ3n) is 4.47. The predicted molar refractivity (Wildman–Crippen MR) is 78.1 cm³/mol. The number of amides is 1. The maximum absolute atomic E-state index is 14.1. The second kappa shape index (κ2) is 4.90. The average molecular weight is 300 g/mol. The molecule has 1 saturated heterocycles. The van der Waals surface area contributed by atoms with Crippen LogP contribution in [0.25, 0.3) is 5.69 Å². The van der Waals surface area contributed by atoms with Crippen LogP contribution in [0, 0.1) is 18.7 Å². The van der Waals surface area contributed by atoms with Crippen LogP contribution in [0.3, 0.4) is 0 Å². The van der Waals surface area contributed by atoms with E-state index < -0.39 is 0 Å². The SMILES string of the molecule is Cc1cccc(-n2cc(C3CN(C(=O)C4CC4)C3)nn2)c1F. The second-order valence-electron chi connectivity index (χ2n) is 6.21. The predicted octanol–water partition coefficient (Wildman–Crippen LogP) is 2.05. The molecule has 0 radical (unpaired) electrons. The minimum absolute atomic E-state index is 0.212. The van der Waals surface area contributed by atoms with Gasteiger partial charge in [0.25, 0.3) is 0 Å². The first-order valence-corrected chi connectivity index (χ1v) is 7.60. The van der Waals surface area contributed by atoms with Crippen molar-refractivity contribution < 1.29 is 9.18 Å². The summed E-state index contributed by atoms with van der Waals surface area (Å²) in [6.07, 6.45) is 3.83. The number of hydrogen-bond acceptors (Lipinski definition) is 3. The summed E-state index contributed by atoms with van der Waals surface area (Å²) in [5.41, 5.74) is 1.81. The number of nitrogens with zero attached hydrogens (tertiary/aromatic N) is 4. The molecule has 0 unspecified atom stereocenters. The summed E-state index contributed by atoms with van der Waals surface area (Å²) in [4.78, 5) is 13.8. The maximum atomic E-state index is 14.1. The van der Waals surface area contributed by atoms with E-state index in [4.69, 9.17) is 0 Å². The smallest absolute Gasteiger partial charge is 0.225 e. The Morgan fingerprint density at radius 2 is 2.09 bits per heavy atom. The van der Waals surface area contributed by atoms with Gasteiger partial charge < -0.3 is 4.90 Å². The normalized spacial score (nSPS) is 18.4. The molecule has 5 nitrogen and oxygen atoms in total. The van der Waals surface area contributed by atoms with E-state index in [1.807, 2.05) is 4.90 Å². The van der Waals surface area contributed by atoms with Gasteiger partial charge in [-0.15, -0.1) is 5.10 Å². The van der Waals surface area contributed by atoms with Gasteiger partial charge >= 0.3 is 0 Å². The van der Waals surface area contributed by atoms with Crippen LogP contribution in [-0.2, 0) is 4.79 Å². The zero-order valence-electron chi connectivity index (χ0n) is 12.4. The molecule has 2 heterocycles. The summed E-state index contributed by atoms with van der Waals surface area (Å²) >= 11 is 0. The Kier molecular flexibility index (Phi) is 2.99. The molecule has 1 saturated carbocycles. The number of carbonyl (C=O) groups is 1. The Labute approximate surface area is 127 Å². The van der Waals surface area contributed by atoms with E-state index in [-0.39, 0.29) is 23.6 Å². The molecule has 0 N–H and O–H groups in total. The Morgan fingerprint density at radius 1 is 1.32 bits per heavy atom.